The van der Waals surface area contributed by atoms with E-state index in [0.717, 1.165) is 5.47 Å². The van der Waals surface area contributed by atoms with E-state index in [1.165, 1.54) is 11.3 Å². The molecule has 1 aliphatic heterocycles. The van der Waals surface area contributed by atoms with Gasteiger partial charge in [-0.25, -0.2) is 4.79 Å². The Hall–Kier alpha value is -1.15. The Bertz CT molecular complexity index is 563. The van der Waals surface area contributed by atoms with Gasteiger partial charge in [-0.3, -0.25) is 0 Å². The van der Waals surface area contributed by atoms with Gasteiger partial charge in [0, 0.05) is 6.54 Å². The van der Waals surface area contributed by atoms with Gasteiger partial charge in [-0.05, 0) is 50.2 Å². The molecule has 2 rings (SSSR count). The van der Waals surface area contributed by atoms with Gasteiger partial charge in [0.15, 0.2) is 0 Å². The topological polar surface area (TPSA) is 81.8 Å². The number of carbonyl (C=O) groups is 1. The first-order valence-electron chi connectivity index (χ1n) is 6.75. The fourth-order valence-electron chi connectivity index (χ4n) is 2.02. The van der Waals surface area contributed by atoms with Gasteiger partial charge < -0.3 is 20.1 Å². The maximum atomic E-state index is 11.2. The second kappa shape index (κ2) is 5.57. The summed E-state index contributed by atoms with van der Waals surface area (Å²) in [7, 11) is -0.554. The first-order chi connectivity index (χ1) is 9.68. The molecule has 0 unspecified atom stereocenters. The Kier molecular flexibility index (Phi) is 4.30. The van der Waals surface area contributed by atoms with Gasteiger partial charge in [-0.15, -0.1) is 11.3 Å². The standard InChI is InChI=1S/C14H20BNO4S/c1-13(2)14(3,4)20-15(19-13)10(8-16)7-9-5-6-21-11(9)12(17)18/h5-7H,8,16H2,1-4H3,(H,17,18). The summed E-state index contributed by atoms with van der Waals surface area (Å²) < 4.78 is 11.9. The Morgan fingerprint density at radius 1 is 1.38 bits per heavy atom. The van der Waals surface area contributed by atoms with Crippen LogP contribution in [0, 0.1) is 0 Å². The van der Waals surface area contributed by atoms with E-state index in [9.17, 15) is 4.79 Å². The summed E-state index contributed by atoms with van der Waals surface area (Å²) in [5.41, 5.74) is 6.26. The molecule has 1 fully saturated rings. The molecule has 114 valence electrons. The monoisotopic (exact) mass is 309 g/mol. The summed E-state index contributed by atoms with van der Waals surface area (Å²) in [6, 6.07) is 1.76. The van der Waals surface area contributed by atoms with Crippen molar-refractivity contribution in [2.75, 3.05) is 6.54 Å². The summed E-state index contributed by atoms with van der Waals surface area (Å²) in [4.78, 5) is 11.5. The summed E-state index contributed by atoms with van der Waals surface area (Å²) >= 11 is 1.19. The highest BCUT2D eigenvalue weighted by Gasteiger charge is 2.52. The zero-order chi connectivity index (χ0) is 15.8. The molecule has 1 saturated heterocycles. The summed E-state index contributed by atoms with van der Waals surface area (Å²) in [5, 5.41) is 10.9. The summed E-state index contributed by atoms with van der Waals surface area (Å²) in [6.07, 6.45) is 1.75. The molecule has 0 bridgehead atoms. The third-order valence-corrected chi connectivity index (χ3v) is 4.94. The van der Waals surface area contributed by atoms with Crippen LogP contribution in [0.25, 0.3) is 6.08 Å². The number of nitrogens with two attached hydrogens (primary N) is 1. The Morgan fingerprint density at radius 2 is 1.95 bits per heavy atom. The van der Waals surface area contributed by atoms with Crippen LogP contribution in [0.5, 0.6) is 0 Å². The highest BCUT2D eigenvalue weighted by atomic mass is 32.1. The maximum absolute atomic E-state index is 11.2. The van der Waals surface area contributed by atoms with Crippen LogP contribution in [0.4, 0.5) is 0 Å². The minimum Gasteiger partial charge on any atom is -0.477 e. The van der Waals surface area contributed by atoms with Crippen molar-refractivity contribution in [2.24, 2.45) is 5.73 Å². The fourth-order valence-corrected chi connectivity index (χ4v) is 2.74. The lowest BCUT2D eigenvalue weighted by Gasteiger charge is -2.32. The highest BCUT2D eigenvalue weighted by molar-refractivity contribution is 7.12. The minimum absolute atomic E-state index is 0.242. The van der Waals surface area contributed by atoms with Crippen molar-refractivity contribution in [2.45, 2.75) is 38.9 Å². The third-order valence-electron chi connectivity index (χ3n) is 4.02. The smallest absolute Gasteiger partial charge is 0.477 e. The first kappa shape index (κ1) is 16.2. The van der Waals surface area contributed by atoms with Gasteiger partial charge in [0.2, 0.25) is 0 Å². The van der Waals surface area contributed by atoms with E-state index in [2.05, 4.69) is 0 Å². The Labute approximate surface area is 128 Å². The molecule has 0 aliphatic carbocycles. The number of rotatable bonds is 4. The predicted octanol–water partition coefficient (Wildman–Crippen LogP) is 2.42. The van der Waals surface area contributed by atoms with E-state index in [1.807, 2.05) is 27.7 Å². The number of carboxylic acid groups (broad SMARTS) is 1. The van der Waals surface area contributed by atoms with E-state index in [-0.39, 0.29) is 11.4 Å². The molecular weight excluding hydrogens is 289 g/mol. The van der Waals surface area contributed by atoms with Gasteiger partial charge in [0.05, 0.1) is 11.2 Å². The minimum atomic E-state index is -0.943. The second-order valence-electron chi connectivity index (χ2n) is 6.02. The molecule has 2 heterocycles. The first-order valence-corrected chi connectivity index (χ1v) is 7.63. The number of hydrogen-bond donors (Lipinski definition) is 2. The molecule has 1 aromatic rings. The van der Waals surface area contributed by atoms with E-state index < -0.39 is 24.3 Å². The Balaban J connectivity index is 2.31. The fraction of sp³-hybridized carbons (Fsp3) is 0.500. The summed E-state index contributed by atoms with van der Waals surface area (Å²) in [6.45, 7) is 8.11. The number of thiophene rings is 1. The molecule has 0 atom stereocenters. The van der Waals surface area contributed by atoms with E-state index in [4.69, 9.17) is 20.1 Å². The van der Waals surface area contributed by atoms with Crippen LogP contribution in [-0.4, -0.2) is 35.9 Å². The second-order valence-corrected chi connectivity index (χ2v) is 6.94. The van der Waals surface area contributed by atoms with Gasteiger partial charge in [-0.1, -0.05) is 6.08 Å². The molecule has 0 radical (unpaired) electrons. The Morgan fingerprint density at radius 3 is 2.43 bits per heavy atom. The molecule has 0 aromatic carbocycles. The molecular formula is C14H20BNO4S. The molecule has 1 aliphatic rings. The van der Waals surface area contributed by atoms with Crippen LogP contribution in [0.2, 0.25) is 0 Å². The average molecular weight is 309 g/mol. The zero-order valence-corrected chi connectivity index (χ0v) is 13.5. The van der Waals surface area contributed by atoms with E-state index in [0.29, 0.717) is 5.56 Å². The zero-order valence-electron chi connectivity index (χ0n) is 12.7. The van der Waals surface area contributed by atoms with Crippen LogP contribution in [-0.2, 0) is 9.31 Å². The van der Waals surface area contributed by atoms with E-state index >= 15 is 0 Å². The lowest BCUT2D eigenvalue weighted by atomic mass is 9.77. The summed E-state index contributed by atoms with van der Waals surface area (Å²) in [5.74, 6) is -0.943. The molecule has 0 saturated carbocycles. The lowest BCUT2D eigenvalue weighted by molar-refractivity contribution is 0.00578. The molecule has 7 heteroatoms. The lowest BCUT2D eigenvalue weighted by Crippen LogP contribution is -2.41. The van der Waals surface area contributed by atoms with Gasteiger partial charge in [0.25, 0.3) is 0 Å². The van der Waals surface area contributed by atoms with E-state index in [1.54, 1.807) is 17.5 Å². The van der Waals surface area contributed by atoms with Crippen molar-refractivity contribution in [3.8, 4) is 0 Å². The maximum Gasteiger partial charge on any atom is 0.491 e. The number of carboxylic acids is 1. The van der Waals surface area contributed by atoms with Gasteiger partial charge in [0.1, 0.15) is 4.88 Å². The predicted molar refractivity (Wildman–Crippen MR) is 84.4 cm³/mol. The van der Waals surface area contributed by atoms with Crippen LogP contribution in [0.3, 0.4) is 0 Å². The third kappa shape index (κ3) is 3.06. The van der Waals surface area contributed by atoms with Crippen molar-refractivity contribution in [1.82, 2.24) is 0 Å². The van der Waals surface area contributed by atoms with Gasteiger partial charge >= 0.3 is 13.1 Å². The van der Waals surface area contributed by atoms with Gasteiger partial charge in [-0.2, -0.15) is 0 Å². The van der Waals surface area contributed by atoms with Crippen molar-refractivity contribution in [3.05, 3.63) is 27.4 Å². The molecule has 5 nitrogen and oxygen atoms in total. The van der Waals surface area contributed by atoms with Crippen LogP contribution in [0.1, 0.15) is 42.9 Å². The quantitative estimate of drug-likeness (QED) is 0.835. The van der Waals surface area contributed by atoms with Crippen LogP contribution in [0.15, 0.2) is 16.9 Å². The number of aromatic carboxylic acids is 1. The van der Waals surface area contributed by atoms with Crippen LogP contribution >= 0.6 is 11.3 Å². The van der Waals surface area contributed by atoms with Crippen molar-refractivity contribution >= 4 is 30.5 Å². The van der Waals surface area contributed by atoms with Crippen molar-refractivity contribution in [1.29, 1.82) is 0 Å². The van der Waals surface area contributed by atoms with Crippen LogP contribution < -0.4 is 5.73 Å². The molecule has 0 amide bonds. The van der Waals surface area contributed by atoms with Crippen molar-refractivity contribution < 1.29 is 19.2 Å². The normalized spacial score (nSPS) is 20.8. The molecule has 21 heavy (non-hydrogen) atoms. The highest BCUT2D eigenvalue weighted by Crippen LogP contribution is 2.38. The largest absolute Gasteiger partial charge is 0.491 e. The average Bonchev–Trinajstić information content (AvgIpc) is 2.89. The van der Waals surface area contributed by atoms with Crippen molar-refractivity contribution in [3.63, 3.8) is 0 Å². The molecule has 0 spiro atoms. The molecule has 3 N–H and O–H groups in total. The number of hydrogen-bond acceptors (Lipinski definition) is 5. The SMILES string of the molecule is CC1(C)OB(C(=Cc2ccsc2C(=O)O)CN)OC1(C)C. The molecule has 1 aromatic heterocycles.